The third-order valence-electron chi connectivity index (χ3n) is 1.85. The van der Waals surface area contributed by atoms with Crippen molar-refractivity contribution in [3.05, 3.63) is 41.1 Å². The number of rotatable bonds is 2. The Kier molecular flexibility index (Phi) is 3.22. The van der Waals surface area contributed by atoms with E-state index < -0.39 is 0 Å². The normalized spacial score (nSPS) is 15.1. The van der Waals surface area contributed by atoms with Gasteiger partial charge < -0.3 is 4.84 Å². The van der Waals surface area contributed by atoms with Crippen LogP contribution >= 0.6 is 23.2 Å². The molecule has 0 fully saturated rings. The molecule has 0 spiro atoms. The van der Waals surface area contributed by atoms with E-state index in [0.29, 0.717) is 10.9 Å². The number of benzene rings is 1. The van der Waals surface area contributed by atoms with Gasteiger partial charge in [-0.15, -0.1) is 5.10 Å². The molecule has 0 saturated carbocycles. The standard InChI is InChI=1S/C10H9Cl2N3O/c1-7-2-4-8(5-3-7)16-15-13-9(11)6-10(12)14-15/h2-6,13H,1H3. The van der Waals surface area contributed by atoms with Crippen LogP contribution in [0.4, 0.5) is 0 Å². The fraction of sp³-hybridized carbons (Fsp3) is 0.100. The number of hydrogen-bond donors (Lipinski definition) is 1. The summed E-state index contributed by atoms with van der Waals surface area (Å²) in [5, 5.41) is 5.56. The molecule has 0 atom stereocenters. The Hall–Kier alpha value is -1.39. The number of aryl methyl sites for hydroxylation is 1. The van der Waals surface area contributed by atoms with Crippen molar-refractivity contribution in [2.24, 2.45) is 5.10 Å². The molecular formula is C10H9Cl2N3O. The van der Waals surface area contributed by atoms with Crippen LogP contribution in [0.5, 0.6) is 5.75 Å². The molecule has 0 aliphatic carbocycles. The Morgan fingerprint density at radius 2 is 1.94 bits per heavy atom. The molecule has 1 aliphatic rings. The first-order chi connectivity index (χ1) is 7.63. The summed E-state index contributed by atoms with van der Waals surface area (Å²) in [6.07, 6.45) is 1.48. The molecule has 6 heteroatoms. The van der Waals surface area contributed by atoms with Crippen LogP contribution < -0.4 is 10.3 Å². The first-order valence-corrected chi connectivity index (χ1v) is 5.32. The van der Waals surface area contributed by atoms with Crippen LogP contribution in [0.15, 0.2) is 40.6 Å². The summed E-state index contributed by atoms with van der Waals surface area (Å²) in [7, 11) is 0. The maximum Gasteiger partial charge on any atom is 0.159 e. The highest BCUT2D eigenvalue weighted by Crippen LogP contribution is 2.15. The van der Waals surface area contributed by atoms with Crippen molar-refractivity contribution < 1.29 is 4.84 Å². The maximum absolute atomic E-state index is 5.76. The summed E-state index contributed by atoms with van der Waals surface area (Å²) in [5.74, 6) is 0.637. The summed E-state index contributed by atoms with van der Waals surface area (Å²) in [5.41, 5.74) is 3.83. The second-order valence-electron chi connectivity index (χ2n) is 3.20. The monoisotopic (exact) mass is 257 g/mol. The molecule has 1 heterocycles. The van der Waals surface area contributed by atoms with E-state index in [2.05, 4.69) is 10.5 Å². The van der Waals surface area contributed by atoms with Crippen molar-refractivity contribution in [3.8, 4) is 5.75 Å². The van der Waals surface area contributed by atoms with E-state index in [1.165, 1.54) is 6.08 Å². The number of nitrogens with one attached hydrogen (secondary N) is 1. The quantitative estimate of drug-likeness (QED) is 0.828. The second kappa shape index (κ2) is 4.63. The number of nitrogens with zero attached hydrogens (tertiary/aromatic N) is 2. The molecule has 1 aromatic carbocycles. The van der Waals surface area contributed by atoms with Crippen LogP contribution in [0, 0.1) is 6.92 Å². The summed E-state index contributed by atoms with van der Waals surface area (Å²) >= 11 is 11.5. The first-order valence-electron chi connectivity index (χ1n) is 4.56. The zero-order valence-electron chi connectivity index (χ0n) is 8.45. The predicted octanol–water partition coefficient (Wildman–Crippen LogP) is 2.74. The summed E-state index contributed by atoms with van der Waals surface area (Å²) in [6, 6.07) is 7.52. The van der Waals surface area contributed by atoms with Crippen LogP contribution in [0.1, 0.15) is 5.56 Å². The van der Waals surface area contributed by atoms with Crippen LogP contribution in [0.3, 0.4) is 0 Å². The van der Waals surface area contributed by atoms with Gasteiger partial charge in [0.05, 0.1) is 0 Å². The van der Waals surface area contributed by atoms with Gasteiger partial charge in [-0.05, 0) is 24.3 Å². The lowest BCUT2D eigenvalue weighted by molar-refractivity contribution is -0.0936. The number of halogens is 2. The van der Waals surface area contributed by atoms with Crippen molar-refractivity contribution >= 4 is 28.4 Å². The van der Waals surface area contributed by atoms with Crippen molar-refractivity contribution in [2.75, 3.05) is 0 Å². The molecule has 4 nitrogen and oxygen atoms in total. The largest absolute Gasteiger partial charge is 0.343 e. The van der Waals surface area contributed by atoms with Gasteiger partial charge in [-0.1, -0.05) is 40.9 Å². The van der Waals surface area contributed by atoms with Crippen LogP contribution in [0.25, 0.3) is 0 Å². The Balaban J connectivity index is 2.06. The van der Waals surface area contributed by atoms with E-state index in [9.17, 15) is 0 Å². The van der Waals surface area contributed by atoms with E-state index in [0.717, 1.165) is 10.8 Å². The lowest BCUT2D eigenvalue weighted by atomic mass is 10.2. The van der Waals surface area contributed by atoms with E-state index in [-0.39, 0.29) is 5.17 Å². The summed E-state index contributed by atoms with van der Waals surface area (Å²) in [6.45, 7) is 2.00. The zero-order valence-corrected chi connectivity index (χ0v) is 9.96. The van der Waals surface area contributed by atoms with Gasteiger partial charge in [0.15, 0.2) is 10.9 Å². The number of hydrazine groups is 1. The molecule has 1 N–H and O–H groups in total. The lowest BCUT2D eigenvalue weighted by Gasteiger charge is -2.22. The maximum atomic E-state index is 5.76. The molecule has 16 heavy (non-hydrogen) atoms. The molecule has 2 rings (SSSR count). The second-order valence-corrected chi connectivity index (χ2v) is 4.00. The van der Waals surface area contributed by atoms with Crippen LogP contribution in [-0.2, 0) is 0 Å². The van der Waals surface area contributed by atoms with Crippen molar-refractivity contribution in [3.63, 3.8) is 0 Å². The van der Waals surface area contributed by atoms with E-state index in [1.54, 1.807) is 0 Å². The molecule has 0 aromatic heterocycles. The van der Waals surface area contributed by atoms with E-state index in [1.807, 2.05) is 31.2 Å². The number of allylic oxidation sites excluding steroid dienone is 1. The Morgan fingerprint density at radius 1 is 1.25 bits per heavy atom. The van der Waals surface area contributed by atoms with Gasteiger partial charge in [-0.2, -0.15) is 0 Å². The third kappa shape index (κ3) is 2.81. The molecule has 84 valence electrons. The molecule has 1 aliphatic heterocycles. The highest BCUT2D eigenvalue weighted by Gasteiger charge is 2.11. The number of hydrazone groups is 1. The molecule has 0 bridgehead atoms. The van der Waals surface area contributed by atoms with Crippen molar-refractivity contribution in [1.29, 1.82) is 0 Å². The third-order valence-corrected chi connectivity index (χ3v) is 2.23. The van der Waals surface area contributed by atoms with Gasteiger partial charge in [-0.25, -0.2) is 5.43 Å². The first kappa shape index (κ1) is 11.1. The lowest BCUT2D eigenvalue weighted by Crippen LogP contribution is -2.37. The smallest absolute Gasteiger partial charge is 0.159 e. The zero-order chi connectivity index (χ0) is 11.5. The minimum absolute atomic E-state index is 0.246. The molecule has 0 saturated heterocycles. The molecular weight excluding hydrogens is 249 g/mol. The average Bonchev–Trinajstić information content (AvgIpc) is 2.20. The highest BCUT2D eigenvalue weighted by atomic mass is 35.5. The Bertz CT molecular complexity index is 442. The van der Waals surface area contributed by atoms with Crippen molar-refractivity contribution in [1.82, 2.24) is 10.7 Å². The minimum atomic E-state index is 0.246. The van der Waals surface area contributed by atoms with Gasteiger partial charge in [0.1, 0.15) is 5.16 Å². The molecule has 0 radical (unpaired) electrons. The van der Waals surface area contributed by atoms with Gasteiger partial charge in [0.2, 0.25) is 0 Å². The van der Waals surface area contributed by atoms with Gasteiger partial charge in [-0.3, -0.25) is 0 Å². The van der Waals surface area contributed by atoms with Crippen molar-refractivity contribution in [2.45, 2.75) is 6.92 Å². The Labute approximate surface area is 103 Å². The SMILES string of the molecule is Cc1ccc(ON2N=C(Cl)C=C(Cl)N2)cc1. The molecule has 0 amide bonds. The average molecular weight is 258 g/mol. The summed E-state index contributed by atoms with van der Waals surface area (Å²) < 4.78 is 0. The van der Waals surface area contributed by atoms with Gasteiger partial charge in [0, 0.05) is 6.08 Å². The predicted molar refractivity (Wildman–Crippen MR) is 64.0 cm³/mol. The topological polar surface area (TPSA) is 36.9 Å². The number of hydrogen-bond acceptors (Lipinski definition) is 4. The Morgan fingerprint density at radius 3 is 2.56 bits per heavy atom. The van der Waals surface area contributed by atoms with Gasteiger partial charge >= 0.3 is 0 Å². The fourth-order valence-corrected chi connectivity index (χ4v) is 1.52. The fourth-order valence-electron chi connectivity index (χ4n) is 1.11. The van der Waals surface area contributed by atoms with E-state index >= 15 is 0 Å². The van der Waals surface area contributed by atoms with Gasteiger partial charge in [0.25, 0.3) is 0 Å². The molecule has 0 unspecified atom stereocenters. The van der Waals surface area contributed by atoms with Crippen LogP contribution in [-0.4, -0.2) is 10.5 Å². The molecule has 1 aromatic rings. The highest BCUT2D eigenvalue weighted by molar-refractivity contribution is 6.69. The summed E-state index contributed by atoms with van der Waals surface area (Å²) in [4.78, 5) is 5.38. The van der Waals surface area contributed by atoms with E-state index in [4.69, 9.17) is 28.0 Å². The minimum Gasteiger partial charge on any atom is -0.343 e. The van der Waals surface area contributed by atoms with Crippen LogP contribution in [0.2, 0.25) is 0 Å².